The first kappa shape index (κ1) is 43.0. The fourth-order valence-electron chi connectivity index (χ4n) is 3.95. The smallest absolute Gasteiger partial charge is 0.756 e. The number of hydrogen-bond donors (Lipinski definition) is 7. The average Bonchev–Trinajstić information content (AvgIpc) is 3.14. The molecule has 2 aliphatic rings. The summed E-state index contributed by atoms with van der Waals surface area (Å²) in [5, 5.41) is 52.4. The third-order valence-electron chi connectivity index (χ3n) is 5.86. The Morgan fingerprint density at radius 3 is 2.18 bits per heavy atom. The van der Waals surface area contributed by atoms with Crippen molar-refractivity contribution in [2.75, 3.05) is 13.2 Å². The quantitative estimate of drug-likeness (QED) is 0.0876. The molecule has 3 rings (SSSR count). The zero-order chi connectivity index (χ0) is 32.5. The largest absolute Gasteiger partial charge is 1.00 e. The minimum Gasteiger partial charge on any atom is -0.756 e. The number of carbonyl (C=O) groups excluding carboxylic acids is 1. The predicted octanol–water partition coefficient (Wildman–Crippen LogP) is -10.5. The molecule has 0 aromatic carbocycles. The van der Waals surface area contributed by atoms with Gasteiger partial charge in [0.25, 0.3) is 21.2 Å². The second-order valence-electron chi connectivity index (χ2n) is 10.3. The number of phosphoric ester groups is 2. The van der Waals surface area contributed by atoms with E-state index in [2.05, 4.69) is 13.4 Å². The van der Waals surface area contributed by atoms with Gasteiger partial charge in [0.1, 0.15) is 48.3 Å². The third-order valence-corrected chi connectivity index (χ3v) is 8.39. The number of nitrogens with zero attached hydrogens (tertiary/aromatic N) is 1. The first-order valence-electron chi connectivity index (χ1n) is 12.3. The van der Waals surface area contributed by atoms with Gasteiger partial charge in [0.15, 0.2) is 12.5 Å². The summed E-state index contributed by atoms with van der Waals surface area (Å²) >= 11 is 0. The second-order valence-corrected chi connectivity index (χ2v) is 13.2. The molecule has 0 saturated carbocycles. The first-order chi connectivity index (χ1) is 19.7. The van der Waals surface area contributed by atoms with Gasteiger partial charge in [-0.3, -0.25) is 28.0 Å². The number of aliphatic hydroxyl groups is 5. The van der Waals surface area contributed by atoms with Gasteiger partial charge in [-0.15, -0.1) is 0 Å². The Bertz CT molecular complexity index is 1360. The molecular weight excluding hydrogens is 678 g/mol. The number of aliphatic hydroxyl groups excluding tert-OH is 5. The minimum absolute atomic E-state index is 0. The molecular formula is C20H31N3Na2O18P2. The van der Waals surface area contributed by atoms with E-state index < -0.39 is 107 Å². The van der Waals surface area contributed by atoms with Gasteiger partial charge in [0.2, 0.25) is 0 Å². The molecule has 1 amide bonds. The van der Waals surface area contributed by atoms with Crippen molar-refractivity contribution in [3.05, 3.63) is 33.1 Å². The van der Waals surface area contributed by atoms with Gasteiger partial charge in [-0.25, -0.2) is 13.9 Å². The van der Waals surface area contributed by atoms with E-state index in [4.69, 9.17) is 14.2 Å². The van der Waals surface area contributed by atoms with Gasteiger partial charge in [-0.1, -0.05) is 0 Å². The monoisotopic (exact) mass is 709 g/mol. The second kappa shape index (κ2) is 17.0. The maximum Gasteiger partial charge on any atom is 1.00 e. The van der Waals surface area contributed by atoms with E-state index in [9.17, 15) is 58.8 Å². The molecule has 45 heavy (non-hydrogen) atoms. The van der Waals surface area contributed by atoms with Crippen LogP contribution < -0.4 is 85.5 Å². The Labute approximate surface area is 298 Å². The Hall–Kier alpha value is -0.0700. The van der Waals surface area contributed by atoms with E-state index in [0.717, 1.165) is 12.3 Å². The molecule has 0 spiro atoms. The van der Waals surface area contributed by atoms with Crippen LogP contribution in [0.2, 0.25) is 0 Å². The zero-order valence-electron chi connectivity index (χ0n) is 24.7. The zero-order valence-corrected chi connectivity index (χ0v) is 30.4. The summed E-state index contributed by atoms with van der Waals surface area (Å²) in [6, 6.07) is -0.993. The van der Waals surface area contributed by atoms with E-state index in [-0.39, 0.29) is 59.1 Å². The number of aromatic amines is 1. The van der Waals surface area contributed by atoms with Crippen LogP contribution in [-0.2, 0) is 36.7 Å². The number of H-pyrrole nitrogens is 1. The summed E-state index contributed by atoms with van der Waals surface area (Å²) in [6.07, 6.45) is -15.0. The maximum absolute atomic E-state index is 12.5. The molecule has 0 radical (unpaired) electrons. The van der Waals surface area contributed by atoms with E-state index in [0.29, 0.717) is 4.57 Å². The average molecular weight is 709 g/mol. The van der Waals surface area contributed by atoms with Crippen molar-refractivity contribution >= 4 is 21.7 Å². The Balaban J connectivity index is 0.00000506. The summed E-state index contributed by atoms with van der Waals surface area (Å²) in [6.45, 7) is 2.34. The molecule has 3 heterocycles. The number of hydrogen-bond acceptors (Lipinski definition) is 18. The molecule has 0 bridgehead atoms. The molecule has 2 aliphatic heterocycles. The summed E-state index contributed by atoms with van der Waals surface area (Å²) in [7, 11) is -11.9. The molecule has 1 aromatic rings. The van der Waals surface area contributed by atoms with Crippen LogP contribution >= 0.6 is 15.6 Å². The van der Waals surface area contributed by atoms with Crippen LogP contribution in [0.25, 0.3) is 0 Å². The topological polar surface area (TPSA) is 321 Å². The van der Waals surface area contributed by atoms with E-state index in [1.54, 1.807) is 0 Å². The molecule has 0 aliphatic carbocycles. The van der Waals surface area contributed by atoms with Gasteiger partial charge < -0.3 is 59.4 Å². The third kappa shape index (κ3) is 11.8. The molecule has 11 atom stereocenters. The Morgan fingerprint density at radius 2 is 1.62 bits per heavy atom. The standard InChI is InChI=1S/C20H33N3O18P2.2Na/c1-20(2,3)39-19(31)22-11-14(28)12(26)8(6-24)38-17(11)40-43(34,35)41-42(32,33)36-7-9-13(27)15(29)16(37-9)23-5-4-10(25)21-18(23)30;;/h4-5,8-9,11-17,24,26-29H,6-7H2,1-3H3,(H,22,31)(H,32,33)(H,34,35)(H,21,25,30);;/q;2*+1/p-2/t8-,9-,11-,12-,13-,14-,15-,16-,17-;;/m1../s1. The van der Waals surface area contributed by atoms with Gasteiger partial charge in [-0.2, -0.15) is 0 Å². The summed E-state index contributed by atoms with van der Waals surface area (Å²) in [4.78, 5) is 62.1. The summed E-state index contributed by atoms with van der Waals surface area (Å²) in [5.74, 6) is 0. The van der Waals surface area contributed by atoms with Crippen LogP contribution in [0, 0.1) is 0 Å². The van der Waals surface area contributed by atoms with Crippen LogP contribution in [0.4, 0.5) is 4.79 Å². The van der Waals surface area contributed by atoms with Crippen molar-refractivity contribution in [2.45, 2.75) is 81.6 Å². The van der Waals surface area contributed by atoms with E-state index in [1.165, 1.54) is 20.8 Å². The van der Waals surface area contributed by atoms with Crippen LogP contribution in [-0.4, -0.2) is 109 Å². The molecule has 25 heteroatoms. The van der Waals surface area contributed by atoms with Gasteiger partial charge >= 0.3 is 70.9 Å². The minimum atomic E-state index is -6.02. The van der Waals surface area contributed by atoms with E-state index in [1.807, 2.05) is 10.3 Å². The SMILES string of the molecule is CC(C)(C)OC(=O)N[C@H]1[C@@H](OP(=O)([O-])OP(=O)([O-])OC[C@H]2O[C@@H](n3ccc(=O)[nH]c3=O)[C@H](O)[C@@H]2O)O[C@H](CO)[C@@H](O)[C@@H]1O.[Na+].[Na+]. The molecule has 2 unspecified atom stereocenters. The number of rotatable bonds is 10. The normalized spacial score (nSPS) is 32.7. The fraction of sp³-hybridized carbons (Fsp3) is 0.750. The van der Waals surface area contributed by atoms with Crippen LogP contribution in [0.3, 0.4) is 0 Å². The molecule has 7 N–H and O–H groups in total. The number of ether oxygens (including phenoxy) is 3. The fourth-order valence-corrected chi connectivity index (χ4v) is 6.04. The van der Waals surface area contributed by atoms with Crippen molar-refractivity contribution in [3.63, 3.8) is 0 Å². The number of alkyl carbamates (subject to hydrolysis) is 1. The number of phosphoric acid groups is 2. The number of aromatic nitrogens is 2. The Kier molecular flexibility index (Phi) is 16.3. The molecule has 246 valence electrons. The number of nitrogens with one attached hydrogen (secondary N) is 2. The van der Waals surface area contributed by atoms with Gasteiger partial charge in [0.05, 0.1) is 13.2 Å². The molecule has 21 nitrogen and oxygen atoms in total. The van der Waals surface area contributed by atoms with Crippen molar-refractivity contribution < 1.29 is 136 Å². The predicted molar refractivity (Wildman–Crippen MR) is 131 cm³/mol. The summed E-state index contributed by atoms with van der Waals surface area (Å²) in [5.41, 5.74) is -2.86. The van der Waals surface area contributed by atoms with Crippen molar-refractivity contribution in [1.82, 2.24) is 14.9 Å². The molecule has 1 aromatic heterocycles. The Morgan fingerprint density at radius 1 is 1.02 bits per heavy atom. The van der Waals surface area contributed by atoms with Crippen molar-refractivity contribution in [1.29, 1.82) is 0 Å². The molecule has 2 fully saturated rings. The van der Waals surface area contributed by atoms with E-state index >= 15 is 0 Å². The number of carbonyl (C=O) groups is 1. The maximum atomic E-state index is 12.5. The first-order valence-corrected chi connectivity index (χ1v) is 15.3. The van der Waals surface area contributed by atoms with Crippen LogP contribution in [0.5, 0.6) is 0 Å². The van der Waals surface area contributed by atoms with Crippen LogP contribution in [0.1, 0.15) is 27.0 Å². The van der Waals surface area contributed by atoms with Gasteiger partial charge in [0, 0.05) is 12.3 Å². The molecule has 2 saturated heterocycles. The van der Waals surface area contributed by atoms with Crippen molar-refractivity contribution in [2.24, 2.45) is 0 Å². The van der Waals surface area contributed by atoms with Gasteiger partial charge in [-0.05, 0) is 20.8 Å². The van der Waals surface area contributed by atoms with Crippen molar-refractivity contribution in [3.8, 4) is 0 Å². The van der Waals surface area contributed by atoms with Crippen LogP contribution in [0.15, 0.2) is 21.9 Å². The summed E-state index contributed by atoms with van der Waals surface area (Å²) < 4.78 is 53.8. The number of amides is 1.